The van der Waals surface area contributed by atoms with Crippen molar-refractivity contribution < 1.29 is 23.5 Å². The molecule has 2 unspecified atom stereocenters. The highest BCUT2D eigenvalue weighted by Gasteiger charge is 2.41. The molecule has 2 aliphatic heterocycles. The number of rotatable bonds is 5. The molecule has 2 aromatic carbocycles. The molecule has 1 N–H and O–H groups in total. The summed E-state index contributed by atoms with van der Waals surface area (Å²) in [4.78, 5) is 28.3. The molecule has 0 saturated heterocycles. The molecule has 2 atom stereocenters. The van der Waals surface area contributed by atoms with Crippen LogP contribution in [0.2, 0.25) is 5.02 Å². The van der Waals surface area contributed by atoms with E-state index in [4.69, 9.17) is 21.1 Å². The maximum atomic E-state index is 15.1. The second-order valence-corrected chi connectivity index (χ2v) is 8.85. The summed E-state index contributed by atoms with van der Waals surface area (Å²) >= 11 is 6.38. The van der Waals surface area contributed by atoms with Gasteiger partial charge in [0.05, 0.1) is 24.2 Å². The molecule has 4 rings (SSSR count). The van der Waals surface area contributed by atoms with Gasteiger partial charge < -0.3 is 14.8 Å². The van der Waals surface area contributed by atoms with Crippen LogP contribution in [0.15, 0.2) is 65.0 Å². The zero-order valence-corrected chi connectivity index (χ0v) is 20.2. The summed E-state index contributed by atoms with van der Waals surface area (Å²) in [6.45, 7) is 6.45. The number of allylic oxidation sites excluding steroid dienone is 2. The fourth-order valence-electron chi connectivity index (χ4n) is 4.63. The summed E-state index contributed by atoms with van der Waals surface area (Å²) in [6, 6.07) is 12.3. The van der Waals surface area contributed by atoms with Crippen LogP contribution in [0.5, 0.6) is 0 Å². The Hall–Kier alpha value is -3.16. The number of carbonyl (C=O) groups excluding carboxylic acids is 2. The molecule has 0 aromatic heterocycles. The van der Waals surface area contributed by atoms with Crippen LogP contribution in [0.4, 0.5) is 4.39 Å². The Labute approximate surface area is 203 Å². The van der Waals surface area contributed by atoms with Crippen molar-refractivity contribution in [3.8, 4) is 0 Å². The van der Waals surface area contributed by atoms with E-state index in [2.05, 4.69) is 5.32 Å². The maximum absolute atomic E-state index is 15.1. The molecule has 0 aliphatic carbocycles. The van der Waals surface area contributed by atoms with E-state index in [9.17, 15) is 9.59 Å². The second-order valence-electron chi connectivity index (χ2n) is 8.44. The largest absolute Gasteiger partial charge is 0.466 e. The Morgan fingerprint density at radius 3 is 2.18 bits per heavy atom. The van der Waals surface area contributed by atoms with Crippen LogP contribution in [-0.4, -0.2) is 30.2 Å². The third-order valence-electron chi connectivity index (χ3n) is 6.33. The van der Waals surface area contributed by atoms with Gasteiger partial charge in [0.1, 0.15) is 5.82 Å². The van der Waals surface area contributed by atoms with Crippen molar-refractivity contribution in [3.63, 3.8) is 0 Å². The fraction of sp³-hybridized carbons (Fsp3) is 0.308. The number of nitrogens with zero attached hydrogens (tertiary/aromatic N) is 1. The number of esters is 2. The second kappa shape index (κ2) is 9.60. The molecule has 178 valence electrons. The zero-order chi connectivity index (χ0) is 24.6. The number of hydrogen-bond donors (Lipinski definition) is 1. The molecule has 0 spiro atoms. The SMILES string of the molecule is COC(=O)C1=C(C)NC(C)=C(C(=O)OC(C)N2Cc3ccccc3C2)C1c1c(F)cccc1Cl. The number of methoxy groups -OCH3 is 1. The van der Waals surface area contributed by atoms with E-state index in [1.807, 2.05) is 29.2 Å². The Bertz CT molecular complexity index is 1180. The van der Waals surface area contributed by atoms with Crippen molar-refractivity contribution in [2.45, 2.75) is 46.0 Å². The molecule has 0 saturated carbocycles. The molecule has 8 heteroatoms. The lowest BCUT2D eigenvalue weighted by Gasteiger charge is -2.32. The monoisotopic (exact) mass is 484 g/mol. The van der Waals surface area contributed by atoms with E-state index in [0.29, 0.717) is 24.5 Å². The van der Waals surface area contributed by atoms with Crippen molar-refractivity contribution in [3.05, 3.63) is 92.5 Å². The third-order valence-corrected chi connectivity index (χ3v) is 6.66. The summed E-state index contributed by atoms with van der Waals surface area (Å²) in [5.41, 5.74) is 3.52. The van der Waals surface area contributed by atoms with E-state index in [1.54, 1.807) is 20.8 Å². The molecule has 34 heavy (non-hydrogen) atoms. The minimum absolute atomic E-state index is 0.0259. The van der Waals surface area contributed by atoms with Crippen LogP contribution >= 0.6 is 11.6 Å². The Morgan fingerprint density at radius 2 is 1.62 bits per heavy atom. The minimum atomic E-state index is -1.09. The Kier molecular flexibility index (Phi) is 6.77. The lowest BCUT2D eigenvalue weighted by Crippen LogP contribution is -2.37. The number of fused-ring (bicyclic) bond motifs is 1. The van der Waals surface area contributed by atoms with Crippen LogP contribution in [0.3, 0.4) is 0 Å². The third kappa shape index (κ3) is 4.33. The van der Waals surface area contributed by atoms with Gasteiger partial charge in [-0.3, -0.25) is 4.90 Å². The number of benzene rings is 2. The number of hydrogen-bond acceptors (Lipinski definition) is 6. The van der Waals surface area contributed by atoms with E-state index in [-0.39, 0.29) is 21.7 Å². The van der Waals surface area contributed by atoms with Crippen molar-refractivity contribution in [1.82, 2.24) is 10.2 Å². The Balaban J connectivity index is 1.69. The van der Waals surface area contributed by atoms with Crippen molar-refractivity contribution >= 4 is 23.5 Å². The lowest BCUT2D eigenvalue weighted by atomic mass is 9.80. The highest BCUT2D eigenvalue weighted by molar-refractivity contribution is 6.31. The molecule has 0 fully saturated rings. The van der Waals surface area contributed by atoms with Crippen LogP contribution in [0.1, 0.15) is 43.4 Å². The van der Waals surface area contributed by atoms with Gasteiger partial charge in [-0.15, -0.1) is 0 Å². The first-order chi connectivity index (χ1) is 16.2. The number of nitrogens with one attached hydrogen (secondary N) is 1. The van der Waals surface area contributed by atoms with E-state index in [1.165, 1.54) is 36.4 Å². The number of halogens is 2. The number of dihydropyridines is 1. The smallest absolute Gasteiger partial charge is 0.338 e. The van der Waals surface area contributed by atoms with Gasteiger partial charge in [-0.05, 0) is 44.0 Å². The quantitative estimate of drug-likeness (QED) is 0.615. The minimum Gasteiger partial charge on any atom is -0.466 e. The van der Waals surface area contributed by atoms with E-state index in [0.717, 1.165) is 0 Å². The summed E-state index contributed by atoms with van der Waals surface area (Å²) in [5, 5.41) is 3.15. The van der Waals surface area contributed by atoms with Gasteiger partial charge in [-0.1, -0.05) is 41.9 Å². The van der Waals surface area contributed by atoms with Crippen LogP contribution in [0, 0.1) is 5.82 Å². The average Bonchev–Trinajstić information content (AvgIpc) is 3.23. The molecular weight excluding hydrogens is 459 g/mol. The first-order valence-corrected chi connectivity index (χ1v) is 11.3. The first kappa shape index (κ1) is 24.0. The van der Waals surface area contributed by atoms with Gasteiger partial charge in [0.2, 0.25) is 0 Å². The molecule has 2 aliphatic rings. The van der Waals surface area contributed by atoms with Crippen molar-refractivity contribution in [1.29, 1.82) is 0 Å². The van der Waals surface area contributed by atoms with Gasteiger partial charge in [0, 0.05) is 35.1 Å². The van der Waals surface area contributed by atoms with Gasteiger partial charge in [0.25, 0.3) is 0 Å². The maximum Gasteiger partial charge on any atom is 0.338 e. The van der Waals surface area contributed by atoms with Crippen molar-refractivity contribution in [2.75, 3.05) is 7.11 Å². The molecule has 0 amide bonds. The van der Waals surface area contributed by atoms with E-state index < -0.39 is 29.9 Å². The molecule has 2 heterocycles. The topological polar surface area (TPSA) is 67.9 Å². The predicted octanol–water partition coefficient (Wildman–Crippen LogP) is 4.79. The molecule has 6 nitrogen and oxygen atoms in total. The van der Waals surface area contributed by atoms with Crippen LogP contribution in [0.25, 0.3) is 0 Å². The number of carbonyl (C=O) groups is 2. The molecule has 0 radical (unpaired) electrons. The lowest BCUT2D eigenvalue weighted by molar-refractivity contribution is -0.153. The fourth-order valence-corrected chi connectivity index (χ4v) is 4.90. The van der Waals surface area contributed by atoms with Crippen LogP contribution in [-0.2, 0) is 32.2 Å². The highest BCUT2D eigenvalue weighted by atomic mass is 35.5. The molecular formula is C26H26ClFN2O4. The van der Waals surface area contributed by atoms with Crippen molar-refractivity contribution in [2.24, 2.45) is 0 Å². The van der Waals surface area contributed by atoms with Gasteiger partial charge in [-0.2, -0.15) is 0 Å². The summed E-state index contributed by atoms with van der Waals surface area (Å²) in [6.07, 6.45) is -0.550. The standard InChI is InChI=1S/C26H26ClFN2O4/c1-14-21(25(31)33-4)24(23-19(27)10-7-11-20(23)28)22(15(2)29-14)26(32)34-16(3)30-12-17-8-5-6-9-18(17)13-30/h5-11,16,24,29H,12-13H2,1-4H3. The van der Waals surface area contributed by atoms with Crippen LogP contribution < -0.4 is 5.32 Å². The normalized spacial score (nSPS) is 18.9. The summed E-state index contributed by atoms with van der Waals surface area (Å²) < 4.78 is 25.9. The summed E-state index contributed by atoms with van der Waals surface area (Å²) in [5.74, 6) is -3.06. The predicted molar refractivity (Wildman–Crippen MR) is 126 cm³/mol. The Morgan fingerprint density at radius 1 is 1.03 bits per heavy atom. The number of ether oxygens (including phenoxy) is 2. The van der Waals surface area contributed by atoms with Gasteiger partial charge >= 0.3 is 11.9 Å². The van der Waals surface area contributed by atoms with Gasteiger partial charge in [-0.25, -0.2) is 14.0 Å². The first-order valence-electron chi connectivity index (χ1n) is 11.0. The highest BCUT2D eigenvalue weighted by Crippen LogP contribution is 2.43. The summed E-state index contributed by atoms with van der Waals surface area (Å²) in [7, 11) is 1.24. The average molecular weight is 485 g/mol. The molecule has 0 bridgehead atoms. The van der Waals surface area contributed by atoms with E-state index >= 15 is 4.39 Å². The van der Waals surface area contributed by atoms with Gasteiger partial charge in [0.15, 0.2) is 6.23 Å². The molecule has 2 aromatic rings. The zero-order valence-electron chi connectivity index (χ0n) is 19.4.